The number of rotatable bonds is 4. The van der Waals surface area contributed by atoms with Crippen LogP contribution in [0.15, 0.2) is 21.5 Å². The van der Waals surface area contributed by atoms with E-state index in [1.807, 2.05) is 0 Å². The number of halogens is 1. The summed E-state index contributed by atoms with van der Waals surface area (Å²) in [5, 5.41) is 0. The molecule has 6 nitrogen and oxygen atoms in total. The SMILES string of the molecule is Cc1c(N)cc(Br)cc1S(=O)(=O)NC(C)(C)C(N)=O. The molecule has 5 N–H and O–H groups in total. The second kappa shape index (κ2) is 5.10. The summed E-state index contributed by atoms with van der Waals surface area (Å²) in [4.78, 5) is 11.2. The highest BCUT2D eigenvalue weighted by atomic mass is 79.9. The highest BCUT2D eigenvalue weighted by molar-refractivity contribution is 9.10. The number of benzene rings is 1. The predicted molar refractivity (Wildman–Crippen MR) is 76.9 cm³/mol. The summed E-state index contributed by atoms with van der Waals surface area (Å²) in [6, 6.07) is 3.03. The maximum absolute atomic E-state index is 12.3. The van der Waals surface area contributed by atoms with Crippen molar-refractivity contribution in [2.24, 2.45) is 5.73 Å². The van der Waals surface area contributed by atoms with Crippen LogP contribution in [0.4, 0.5) is 5.69 Å². The number of sulfonamides is 1. The Morgan fingerprint density at radius 2 is 1.89 bits per heavy atom. The van der Waals surface area contributed by atoms with E-state index in [1.54, 1.807) is 13.0 Å². The van der Waals surface area contributed by atoms with Crippen molar-refractivity contribution >= 4 is 37.5 Å². The molecule has 0 saturated carbocycles. The van der Waals surface area contributed by atoms with Crippen molar-refractivity contribution in [2.45, 2.75) is 31.2 Å². The van der Waals surface area contributed by atoms with Crippen LogP contribution in [0.5, 0.6) is 0 Å². The molecule has 0 fully saturated rings. The molecule has 0 atom stereocenters. The zero-order valence-corrected chi connectivity index (χ0v) is 13.2. The van der Waals surface area contributed by atoms with Gasteiger partial charge in [0, 0.05) is 10.2 Å². The lowest BCUT2D eigenvalue weighted by Crippen LogP contribution is -2.52. The van der Waals surface area contributed by atoms with Gasteiger partial charge in [0.1, 0.15) is 5.54 Å². The quantitative estimate of drug-likeness (QED) is 0.699. The van der Waals surface area contributed by atoms with Gasteiger partial charge in [-0.2, -0.15) is 4.72 Å². The van der Waals surface area contributed by atoms with Gasteiger partial charge in [0.05, 0.1) is 4.90 Å². The molecule has 1 rings (SSSR count). The predicted octanol–water partition coefficient (Wildman–Crippen LogP) is 0.882. The number of nitrogens with one attached hydrogen (secondary N) is 1. The molecule has 0 heterocycles. The fourth-order valence-electron chi connectivity index (χ4n) is 1.39. The first kappa shape index (κ1) is 15.9. The van der Waals surface area contributed by atoms with Crippen LogP contribution >= 0.6 is 15.9 Å². The number of nitrogen functional groups attached to an aromatic ring is 1. The molecule has 0 unspecified atom stereocenters. The van der Waals surface area contributed by atoms with Crippen LogP contribution in [0.3, 0.4) is 0 Å². The summed E-state index contributed by atoms with van der Waals surface area (Å²) in [5.41, 5.74) is 10.2. The second-order valence-electron chi connectivity index (χ2n) is 4.71. The normalized spacial score (nSPS) is 12.4. The Bertz CT molecular complexity index is 626. The van der Waals surface area contributed by atoms with Crippen molar-refractivity contribution in [3.63, 3.8) is 0 Å². The summed E-state index contributed by atoms with van der Waals surface area (Å²) in [6.07, 6.45) is 0. The number of amides is 1. The second-order valence-corrected chi connectivity index (χ2v) is 7.28. The lowest BCUT2D eigenvalue weighted by Gasteiger charge is -2.23. The van der Waals surface area contributed by atoms with Crippen LogP contribution < -0.4 is 16.2 Å². The standard InChI is InChI=1S/C11H16BrN3O3S/c1-6-8(13)4-7(12)5-9(6)19(17,18)15-11(2,3)10(14)16/h4-5,15H,13H2,1-3H3,(H2,14,16). The van der Waals surface area contributed by atoms with E-state index in [9.17, 15) is 13.2 Å². The van der Waals surface area contributed by atoms with Crippen molar-refractivity contribution in [2.75, 3.05) is 5.73 Å². The van der Waals surface area contributed by atoms with E-state index >= 15 is 0 Å². The summed E-state index contributed by atoms with van der Waals surface area (Å²) in [7, 11) is -3.90. The van der Waals surface area contributed by atoms with E-state index < -0.39 is 21.5 Å². The smallest absolute Gasteiger partial charge is 0.241 e. The van der Waals surface area contributed by atoms with E-state index in [0.29, 0.717) is 15.7 Å². The van der Waals surface area contributed by atoms with Gasteiger partial charge in [0.15, 0.2) is 0 Å². The van der Waals surface area contributed by atoms with Gasteiger partial charge in [-0.05, 0) is 38.5 Å². The molecule has 1 amide bonds. The number of carbonyl (C=O) groups excluding carboxylic acids is 1. The molecule has 1 aromatic rings. The number of primary amides is 1. The molecule has 0 spiro atoms. The fraction of sp³-hybridized carbons (Fsp3) is 0.364. The number of nitrogens with two attached hydrogens (primary N) is 2. The molecule has 0 aliphatic heterocycles. The molecule has 8 heteroatoms. The average Bonchev–Trinajstić information content (AvgIpc) is 2.21. The van der Waals surface area contributed by atoms with Crippen LogP contribution in [0.1, 0.15) is 19.4 Å². The monoisotopic (exact) mass is 349 g/mol. The van der Waals surface area contributed by atoms with Gasteiger partial charge in [-0.25, -0.2) is 8.42 Å². The van der Waals surface area contributed by atoms with Crippen LogP contribution in [0.2, 0.25) is 0 Å². The molecule has 1 aromatic carbocycles. The van der Waals surface area contributed by atoms with Gasteiger partial charge in [0.2, 0.25) is 15.9 Å². The maximum Gasteiger partial charge on any atom is 0.241 e. The summed E-state index contributed by atoms with van der Waals surface area (Å²) < 4.78 is 27.4. The van der Waals surface area contributed by atoms with Gasteiger partial charge in [-0.15, -0.1) is 0 Å². The summed E-state index contributed by atoms with van der Waals surface area (Å²) in [6.45, 7) is 4.38. The van der Waals surface area contributed by atoms with Crippen molar-refractivity contribution in [3.8, 4) is 0 Å². The van der Waals surface area contributed by atoms with Crippen LogP contribution in [0.25, 0.3) is 0 Å². The lowest BCUT2D eigenvalue weighted by atomic mass is 10.1. The number of hydrogen-bond acceptors (Lipinski definition) is 4. The Morgan fingerprint density at radius 1 is 1.37 bits per heavy atom. The first-order valence-corrected chi connectivity index (χ1v) is 7.64. The van der Waals surface area contributed by atoms with Gasteiger partial charge >= 0.3 is 0 Å². The Kier molecular flexibility index (Phi) is 4.28. The minimum Gasteiger partial charge on any atom is -0.398 e. The highest BCUT2D eigenvalue weighted by Gasteiger charge is 2.32. The van der Waals surface area contributed by atoms with Crippen LogP contribution in [0, 0.1) is 6.92 Å². The Morgan fingerprint density at radius 3 is 2.37 bits per heavy atom. The Hall–Kier alpha value is -1.12. The third-order valence-corrected chi connectivity index (χ3v) is 4.90. The maximum atomic E-state index is 12.3. The first-order chi connectivity index (χ1) is 8.47. The first-order valence-electron chi connectivity index (χ1n) is 5.37. The molecule has 106 valence electrons. The van der Waals surface area contributed by atoms with Crippen molar-refractivity contribution < 1.29 is 13.2 Å². The highest BCUT2D eigenvalue weighted by Crippen LogP contribution is 2.27. The molecule has 0 radical (unpaired) electrons. The molecule has 0 aliphatic carbocycles. The lowest BCUT2D eigenvalue weighted by molar-refractivity contribution is -0.122. The van der Waals surface area contributed by atoms with E-state index in [-0.39, 0.29) is 4.90 Å². The molecule has 19 heavy (non-hydrogen) atoms. The van der Waals surface area contributed by atoms with E-state index in [1.165, 1.54) is 19.9 Å². The third kappa shape index (κ3) is 3.46. The largest absolute Gasteiger partial charge is 0.398 e. The Balaban J connectivity index is 3.33. The van der Waals surface area contributed by atoms with Crippen LogP contribution in [-0.2, 0) is 14.8 Å². The molecular weight excluding hydrogens is 334 g/mol. The summed E-state index contributed by atoms with van der Waals surface area (Å²) in [5.74, 6) is -0.767. The van der Waals surface area contributed by atoms with Gasteiger partial charge in [-0.1, -0.05) is 15.9 Å². The molecule has 0 aliphatic rings. The fourth-order valence-corrected chi connectivity index (χ4v) is 3.71. The number of carbonyl (C=O) groups is 1. The molecule has 0 aromatic heterocycles. The Labute approximate surface area is 120 Å². The zero-order valence-electron chi connectivity index (χ0n) is 10.8. The topological polar surface area (TPSA) is 115 Å². The average molecular weight is 350 g/mol. The van der Waals surface area contributed by atoms with E-state index in [0.717, 1.165) is 0 Å². The zero-order chi connectivity index (χ0) is 15.0. The molecule has 0 bridgehead atoms. The van der Waals surface area contributed by atoms with E-state index in [2.05, 4.69) is 20.7 Å². The van der Waals surface area contributed by atoms with Gasteiger partial charge in [0.25, 0.3) is 0 Å². The van der Waals surface area contributed by atoms with Crippen molar-refractivity contribution in [1.29, 1.82) is 0 Å². The number of hydrogen-bond donors (Lipinski definition) is 3. The van der Waals surface area contributed by atoms with Gasteiger partial charge < -0.3 is 11.5 Å². The molecule has 0 saturated heterocycles. The minimum absolute atomic E-state index is 0.00806. The van der Waals surface area contributed by atoms with E-state index in [4.69, 9.17) is 11.5 Å². The van der Waals surface area contributed by atoms with Gasteiger partial charge in [-0.3, -0.25) is 4.79 Å². The van der Waals surface area contributed by atoms with Crippen LogP contribution in [-0.4, -0.2) is 19.9 Å². The van der Waals surface area contributed by atoms with Crippen molar-refractivity contribution in [3.05, 3.63) is 22.2 Å². The third-order valence-electron chi connectivity index (χ3n) is 2.66. The minimum atomic E-state index is -3.90. The van der Waals surface area contributed by atoms with Crippen molar-refractivity contribution in [1.82, 2.24) is 4.72 Å². The number of anilines is 1. The summed E-state index contributed by atoms with van der Waals surface area (Å²) >= 11 is 3.18. The molecular formula is C11H16BrN3O3S.